The average Bonchev–Trinajstić information content (AvgIpc) is 3.34. The van der Waals surface area contributed by atoms with E-state index in [1.54, 1.807) is 29.2 Å². The summed E-state index contributed by atoms with van der Waals surface area (Å²) < 4.78 is 49.7. The highest BCUT2D eigenvalue weighted by Gasteiger charge is 2.30. The lowest BCUT2D eigenvalue weighted by Gasteiger charge is -2.13. The third kappa shape index (κ3) is 5.24. The van der Waals surface area contributed by atoms with Crippen molar-refractivity contribution in [2.24, 2.45) is 0 Å². The second-order valence-corrected chi connectivity index (χ2v) is 6.08. The van der Waals surface area contributed by atoms with Gasteiger partial charge in [-0.15, -0.1) is 0 Å². The topological polar surface area (TPSA) is 86.4 Å². The fourth-order valence-corrected chi connectivity index (χ4v) is 2.38. The SMILES string of the molecule is CC(OC(=O)c1ccc(Cn2cccn2)o1)C(=O)Nc1ccc(C(F)(F)F)cc1. The number of rotatable bonds is 6. The number of nitrogens with one attached hydrogen (secondary N) is 1. The second-order valence-electron chi connectivity index (χ2n) is 6.08. The van der Waals surface area contributed by atoms with Crippen molar-refractivity contribution in [1.82, 2.24) is 9.78 Å². The first kappa shape index (κ1) is 20.2. The van der Waals surface area contributed by atoms with E-state index in [9.17, 15) is 22.8 Å². The highest BCUT2D eigenvalue weighted by atomic mass is 19.4. The van der Waals surface area contributed by atoms with E-state index in [1.165, 1.54) is 13.0 Å². The molecule has 29 heavy (non-hydrogen) atoms. The minimum Gasteiger partial charge on any atom is -0.452 e. The molecule has 1 N–H and O–H groups in total. The number of carbonyl (C=O) groups excluding carboxylic acids is 2. The molecule has 0 aliphatic heterocycles. The summed E-state index contributed by atoms with van der Waals surface area (Å²) in [5.74, 6) is -1.14. The summed E-state index contributed by atoms with van der Waals surface area (Å²) in [7, 11) is 0. The summed E-state index contributed by atoms with van der Waals surface area (Å²) in [6, 6.07) is 8.67. The normalized spacial score (nSPS) is 12.4. The van der Waals surface area contributed by atoms with Crippen molar-refractivity contribution in [3.05, 3.63) is 71.9 Å². The molecule has 1 atom stereocenters. The van der Waals surface area contributed by atoms with Gasteiger partial charge in [0.2, 0.25) is 5.76 Å². The van der Waals surface area contributed by atoms with Crippen LogP contribution in [0.5, 0.6) is 0 Å². The summed E-state index contributed by atoms with van der Waals surface area (Å²) >= 11 is 0. The number of hydrogen-bond donors (Lipinski definition) is 1. The van der Waals surface area contributed by atoms with Crippen LogP contribution in [0.2, 0.25) is 0 Å². The Kier molecular flexibility index (Phi) is 5.71. The minimum atomic E-state index is -4.47. The van der Waals surface area contributed by atoms with Gasteiger partial charge in [-0.05, 0) is 49.4 Å². The molecule has 2 heterocycles. The molecule has 0 bridgehead atoms. The fraction of sp³-hybridized carbons (Fsp3) is 0.211. The maximum atomic E-state index is 12.6. The summed E-state index contributed by atoms with van der Waals surface area (Å²) in [4.78, 5) is 24.3. The number of alkyl halides is 3. The van der Waals surface area contributed by atoms with E-state index >= 15 is 0 Å². The Balaban J connectivity index is 1.55. The van der Waals surface area contributed by atoms with Gasteiger partial charge in [-0.25, -0.2) is 4.79 Å². The number of furan rings is 1. The average molecular weight is 407 g/mol. The van der Waals surface area contributed by atoms with Crippen LogP contribution in [-0.2, 0) is 22.3 Å². The molecular weight excluding hydrogens is 391 g/mol. The number of esters is 1. The Morgan fingerprint density at radius 3 is 2.55 bits per heavy atom. The molecule has 0 spiro atoms. The van der Waals surface area contributed by atoms with E-state index in [0.29, 0.717) is 12.3 Å². The predicted molar refractivity (Wildman–Crippen MR) is 95.0 cm³/mol. The number of anilines is 1. The number of halogens is 3. The number of carbonyl (C=O) groups is 2. The maximum Gasteiger partial charge on any atom is 0.416 e. The van der Waals surface area contributed by atoms with Crippen molar-refractivity contribution in [3.8, 4) is 0 Å². The third-order valence-electron chi connectivity index (χ3n) is 3.87. The van der Waals surface area contributed by atoms with Crippen LogP contribution in [0.4, 0.5) is 18.9 Å². The molecule has 1 amide bonds. The number of hydrogen-bond acceptors (Lipinski definition) is 5. The molecular formula is C19H16F3N3O4. The smallest absolute Gasteiger partial charge is 0.416 e. The van der Waals surface area contributed by atoms with Crippen LogP contribution in [-0.4, -0.2) is 27.8 Å². The summed E-state index contributed by atoms with van der Waals surface area (Å²) in [5.41, 5.74) is -0.691. The summed E-state index contributed by atoms with van der Waals surface area (Å²) in [6.07, 6.45) is -2.32. The molecule has 3 rings (SSSR count). The zero-order valence-corrected chi connectivity index (χ0v) is 15.1. The van der Waals surface area contributed by atoms with Gasteiger partial charge in [-0.2, -0.15) is 18.3 Å². The van der Waals surface area contributed by atoms with Crippen LogP contribution >= 0.6 is 0 Å². The molecule has 7 nitrogen and oxygen atoms in total. The monoisotopic (exact) mass is 407 g/mol. The van der Waals surface area contributed by atoms with Crippen molar-refractivity contribution in [1.29, 1.82) is 0 Å². The van der Waals surface area contributed by atoms with Crippen molar-refractivity contribution in [2.45, 2.75) is 25.7 Å². The molecule has 1 aromatic carbocycles. The van der Waals surface area contributed by atoms with Crippen LogP contribution in [0.1, 0.15) is 28.8 Å². The van der Waals surface area contributed by atoms with E-state index in [0.717, 1.165) is 24.3 Å². The van der Waals surface area contributed by atoms with E-state index in [-0.39, 0.29) is 11.4 Å². The van der Waals surface area contributed by atoms with Crippen molar-refractivity contribution in [2.75, 3.05) is 5.32 Å². The fourth-order valence-electron chi connectivity index (χ4n) is 2.38. The van der Waals surface area contributed by atoms with Gasteiger partial charge in [-0.1, -0.05) is 0 Å². The standard InChI is InChI=1S/C19H16F3N3O4/c1-12(17(26)24-14-5-3-13(4-6-14)19(20,21)22)28-18(27)16-8-7-15(29-16)11-25-10-2-9-23-25/h2-10,12H,11H2,1H3,(H,24,26). The molecule has 0 aliphatic carbocycles. The molecule has 152 valence electrons. The van der Waals surface area contributed by atoms with E-state index < -0.39 is 29.7 Å². The lowest BCUT2D eigenvalue weighted by atomic mass is 10.2. The molecule has 2 aromatic heterocycles. The predicted octanol–water partition coefficient (Wildman–Crippen LogP) is 3.73. The number of aromatic nitrogens is 2. The largest absolute Gasteiger partial charge is 0.452 e. The zero-order valence-electron chi connectivity index (χ0n) is 15.1. The number of amides is 1. The van der Waals surface area contributed by atoms with Gasteiger partial charge in [0.15, 0.2) is 6.10 Å². The Morgan fingerprint density at radius 1 is 1.21 bits per heavy atom. The van der Waals surface area contributed by atoms with Crippen LogP contribution < -0.4 is 5.32 Å². The lowest BCUT2D eigenvalue weighted by molar-refractivity contribution is -0.137. The van der Waals surface area contributed by atoms with Gasteiger partial charge in [-0.3, -0.25) is 9.48 Å². The Hall–Kier alpha value is -3.56. The van der Waals surface area contributed by atoms with E-state index in [2.05, 4.69) is 10.4 Å². The van der Waals surface area contributed by atoms with Crippen LogP contribution in [0.15, 0.2) is 59.3 Å². The van der Waals surface area contributed by atoms with Crippen molar-refractivity contribution in [3.63, 3.8) is 0 Å². The maximum absolute atomic E-state index is 12.6. The Labute approximate surface area is 163 Å². The van der Waals surface area contributed by atoms with Gasteiger partial charge in [0.1, 0.15) is 5.76 Å². The first-order valence-corrected chi connectivity index (χ1v) is 8.47. The summed E-state index contributed by atoms with van der Waals surface area (Å²) in [5, 5.41) is 6.41. The molecule has 10 heteroatoms. The number of nitrogens with zero attached hydrogens (tertiary/aromatic N) is 2. The molecule has 0 aliphatic rings. The second kappa shape index (κ2) is 8.21. The van der Waals surface area contributed by atoms with Crippen LogP contribution in [0.3, 0.4) is 0 Å². The van der Waals surface area contributed by atoms with Gasteiger partial charge in [0, 0.05) is 18.1 Å². The van der Waals surface area contributed by atoms with Gasteiger partial charge in [0.25, 0.3) is 5.91 Å². The Bertz CT molecular complexity index is 979. The first-order valence-electron chi connectivity index (χ1n) is 8.47. The lowest BCUT2D eigenvalue weighted by Crippen LogP contribution is -2.29. The van der Waals surface area contributed by atoms with E-state index in [1.807, 2.05) is 0 Å². The summed E-state index contributed by atoms with van der Waals surface area (Å²) in [6.45, 7) is 1.66. The Morgan fingerprint density at radius 2 is 1.93 bits per heavy atom. The molecule has 0 saturated heterocycles. The molecule has 1 unspecified atom stereocenters. The van der Waals surface area contributed by atoms with Gasteiger partial charge in [0.05, 0.1) is 12.1 Å². The van der Waals surface area contributed by atoms with Crippen LogP contribution in [0.25, 0.3) is 0 Å². The molecule has 0 fully saturated rings. The minimum absolute atomic E-state index is 0.0821. The van der Waals surface area contributed by atoms with Gasteiger partial charge < -0.3 is 14.5 Å². The first-order chi connectivity index (χ1) is 13.7. The molecule has 0 saturated carbocycles. The molecule has 0 radical (unpaired) electrons. The highest BCUT2D eigenvalue weighted by Crippen LogP contribution is 2.29. The highest BCUT2D eigenvalue weighted by molar-refractivity contribution is 5.96. The molecule has 3 aromatic rings. The third-order valence-corrected chi connectivity index (χ3v) is 3.87. The zero-order chi connectivity index (χ0) is 21.0. The van der Waals surface area contributed by atoms with Gasteiger partial charge >= 0.3 is 12.1 Å². The van der Waals surface area contributed by atoms with Crippen molar-refractivity contribution >= 4 is 17.6 Å². The number of ether oxygens (including phenoxy) is 1. The van der Waals surface area contributed by atoms with E-state index in [4.69, 9.17) is 9.15 Å². The quantitative estimate of drug-likeness (QED) is 0.630. The van der Waals surface area contributed by atoms with Crippen LogP contribution in [0, 0.1) is 0 Å². The number of benzene rings is 1. The van der Waals surface area contributed by atoms with Crippen molar-refractivity contribution < 1.29 is 31.9 Å².